The fraction of sp³-hybridized carbons (Fsp3) is 0.400. The molecule has 0 aliphatic carbocycles. The molecule has 9 nitrogen and oxygen atoms in total. The predicted octanol–water partition coefficient (Wildman–Crippen LogP) is 4.49. The Morgan fingerprint density at radius 1 is 1.31 bits per heavy atom. The maximum atomic E-state index is 9.50. The van der Waals surface area contributed by atoms with Crippen LogP contribution in [0, 0.1) is 26.7 Å². The number of allylic oxidation sites excluding steroid dienone is 1. The van der Waals surface area contributed by atoms with Crippen LogP contribution in [-0.4, -0.2) is 64.2 Å². The summed E-state index contributed by atoms with van der Waals surface area (Å²) in [5, 5.41) is 19.7. The first-order chi connectivity index (χ1) is 16.9. The number of aryl methyl sites for hydroxylation is 3. The first-order valence-electron chi connectivity index (χ1n) is 11.6. The SMILES string of the molecule is C=N/C(=C\C(=N/CO/C(C=Cc1[nH]c(C)cc1C)=C\Cl)N1CCC(CO)CC1)Nc1cc(C)[nH]n1. The van der Waals surface area contributed by atoms with Crippen molar-refractivity contribution in [1.29, 1.82) is 0 Å². The van der Waals surface area contributed by atoms with E-state index in [-0.39, 0.29) is 13.3 Å². The highest BCUT2D eigenvalue weighted by molar-refractivity contribution is 6.25. The van der Waals surface area contributed by atoms with Gasteiger partial charge in [-0.15, -0.1) is 0 Å². The lowest BCUT2D eigenvalue weighted by Gasteiger charge is -2.32. The third-order valence-electron chi connectivity index (χ3n) is 5.76. The van der Waals surface area contributed by atoms with Crippen LogP contribution in [0.5, 0.6) is 0 Å². The minimum atomic E-state index is 0.0727. The van der Waals surface area contributed by atoms with Crippen molar-refractivity contribution in [1.82, 2.24) is 20.1 Å². The fourth-order valence-corrected chi connectivity index (χ4v) is 3.95. The van der Waals surface area contributed by atoms with Crippen LogP contribution in [0.3, 0.4) is 0 Å². The van der Waals surface area contributed by atoms with Gasteiger partial charge in [0.25, 0.3) is 0 Å². The molecule has 1 aliphatic rings. The van der Waals surface area contributed by atoms with Crippen molar-refractivity contribution in [3.05, 3.63) is 64.0 Å². The molecule has 3 rings (SSSR count). The van der Waals surface area contributed by atoms with Gasteiger partial charge in [0.2, 0.25) is 0 Å². The summed E-state index contributed by atoms with van der Waals surface area (Å²) in [4.78, 5) is 14.2. The monoisotopic (exact) mass is 499 g/mol. The molecule has 1 fully saturated rings. The molecule has 1 aliphatic heterocycles. The minimum absolute atomic E-state index is 0.0727. The number of H-pyrrole nitrogens is 2. The number of hydrogen-bond acceptors (Lipinski definition) is 6. The lowest BCUT2D eigenvalue weighted by Crippen LogP contribution is -2.39. The summed E-state index contributed by atoms with van der Waals surface area (Å²) in [7, 11) is 0. The van der Waals surface area contributed by atoms with E-state index in [2.05, 4.69) is 48.2 Å². The molecule has 10 heteroatoms. The van der Waals surface area contributed by atoms with Crippen molar-refractivity contribution in [2.24, 2.45) is 15.9 Å². The fourth-order valence-electron chi connectivity index (χ4n) is 3.82. The summed E-state index contributed by atoms with van der Waals surface area (Å²) in [6, 6.07) is 3.96. The third-order valence-corrected chi connectivity index (χ3v) is 5.98. The molecule has 2 aromatic heterocycles. The van der Waals surface area contributed by atoms with E-state index in [0.29, 0.717) is 29.2 Å². The lowest BCUT2D eigenvalue weighted by molar-refractivity contribution is 0.165. The Morgan fingerprint density at radius 2 is 2.09 bits per heavy atom. The van der Waals surface area contributed by atoms with E-state index in [1.54, 1.807) is 6.08 Å². The number of halogens is 1. The van der Waals surface area contributed by atoms with E-state index >= 15 is 0 Å². The average molecular weight is 500 g/mol. The number of aliphatic hydroxyl groups is 1. The number of aromatic nitrogens is 3. The van der Waals surface area contributed by atoms with E-state index in [1.807, 2.05) is 39.0 Å². The summed E-state index contributed by atoms with van der Waals surface area (Å²) in [6.45, 7) is 11.5. The molecule has 0 aromatic carbocycles. The van der Waals surface area contributed by atoms with Gasteiger partial charge in [-0.25, -0.2) is 9.98 Å². The Balaban J connectivity index is 1.73. The predicted molar refractivity (Wildman–Crippen MR) is 143 cm³/mol. The molecule has 0 atom stereocenters. The molecule has 35 heavy (non-hydrogen) atoms. The first-order valence-corrected chi connectivity index (χ1v) is 12.0. The Bertz CT molecular complexity index is 1110. The van der Waals surface area contributed by atoms with Gasteiger partial charge in [0.15, 0.2) is 12.5 Å². The standard InChI is InChI=1S/C25H34ClN7O2/c1-17-11-18(2)29-22(17)6-5-21(14-26)35-16-28-25(33-9-7-20(15-34)8-10-33)13-23(27-4)30-24-12-19(3)31-32-24/h5-6,11-14,20,29,34H,4,7-10,15-16H2,1-3H3,(H2,30,31,32)/b6-5?,21-14-,23-13+,28-25+. The van der Waals surface area contributed by atoms with Gasteiger partial charge in [0, 0.05) is 54.5 Å². The second-order valence-corrected chi connectivity index (χ2v) is 8.76. The van der Waals surface area contributed by atoms with E-state index in [4.69, 9.17) is 16.3 Å². The summed E-state index contributed by atoms with van der Waals surface area (Å²) in [6.07, 6.45) is 7.33. The molecule has 2 aromatic rings. The number of likely N-dealkylation sites (tertiary alicyclic amines) is 1. The van der Waals surface area contributed by atoms with Crippen molar-refractivity contribution < 1.29 is 9.84 Å². The number of aliphatic imine (C=N–C) groups is 2. The number of nitrogens with zero attached hydrogens (tertiary/aromatic N) is 4. The van der Waals surface area contributed by atoms with E-state index in [0.717, 1.165) is 48.6 Å². The largest absolute Gasteiger partial charge is 0.470 e. The van der Waals surface area contributed by atoms with Crippen LogP contribution in [-0.2, 0) is 4.74 Å². The Kier molecular flexibility index (Phi) is 9.75. The molecule has 0 amide bonds. The number of piperidine rings is 1. The Labute approximate surface area is 211 Å². The molecule has 3 heterocycles. The average Bonchev–Trinajstić information content (AvgIpc) is 3.42. The zero-order valence-corrected chi connectivity index (χ0v) is 21.3. The smallest absolute Gasteiger partial charge is 0.181 e. The highest BCUT2D eigenvalue weighted by atomic mass is 35.5. The number of nitrogens with one attached hydrogen (secondary N) is 3. The highest BCUT2D eigenvalue weighted by Gasteiger charge is 2.20. The van der Waals surface area contributed by atoms with Crippen molar-refractivity contribution in [2.75, 3.05) is 31.7 Å². The number of ether oxygens (including phenoxy) is 1. The maximum absolute atomic E-state index is 9.50. The van der Waals surface area contributed by atoms with Gasteiger partial charge < -0.3 is 25.0 Å². The normalized spacial score (nSPS) is 16.3. The molecular weight excluding hydrogens is 466 g/mol. The molecule has 0 bridgehead atoms. The maximum Gasteiger partial charge on any atom is 0.181 e. The first kappa shape index (κ1) is 26.3. The van der Waals surface area contributed by atoms with E-state index in [1.165, 1.54) is 5.54 Å². The minimum Gasteiger partial charge on any atom is -0.470 e. The van der Waals surface area contributed by atoms with Gasteiger partial charge in [-0.1, -0.05) is 11.6 Å². The zero-order chi connectivity index (χ0) is 25.2. The lowest BCUT2D eigenvalue weighted by atomic mass is 9.98. The third kappa shape index (κ3) is 7.87. The van der Waals surface area contributed by atoms with Crippen molar-refractivity contribution in [3.8, 4) is 0 Å². The number of aliphatic hydroxyl groups excluding tert-OH is 1. The van der Waals surface area contributed by atoms with Gasteiger partial charge >= 0.3 is 0 Å². The topological polar surface area (TPSA) is 114 Å². The summed E-state index contributed by atoms with van der Waals surface area (Å²) < 4.78 is 5.82. The molecule has 1 saturated heterocycles. The molecule has 0 unspecified atom stereocenters. The van der Waals surface area contributed by atoms with Gasteiger partial charge in [-0.2, -0.15) is 5.10 Å². The van der Waals surface area contributed by atoms with Crippen LogP contribution in [0.15, 0.2) is 51.4 Å². The molecule has 188 valence electrons. The number of anilines is 1. The molecular formula is C25H34ClN7O2. The highest BCUT2D eigenvalue weighted by Crippen LogP contribution is 2.19. The molecule has 0 radical (unpaired) electrons. The van der Waals surface area contributed by atoms with Crippen molar-refractivity contribution in [3.63, 3.8) is 0 Å². The molecule has 0 saturated carbocycles. The number of rotatable bonds is 10. The van der Waals surface area contributed by atoms with Crippen LogP contribution in [0.25, 0.3) is 6.08 Å². The summed E-state index contributed by atoms with van der Waals surface area (Å²) in [5.41, 5.74) is 5.56. The zero-order valence-electron chi connectivity index (χ0n) is 20.5. The number of aromatic amines is 2. The van der Waals surface area contributed by atoms with Crippen LogP contribution in [0.2, 0.25) is 0 Å². The van der Waals surface area contributed by atoms with E-state index < -0.39 is 0 Å². The van der Waals surface area contributed by atoms with Crippen molar-refractivity contribution >= 4 is 36.0 Å². The van der Waals surface area contributed by atoms with Crippen molar-refractivity contribution in [2.45, 2.75) is 33.6 Å². The van der Waals surface area contributed by atoms with E-state index in [9.17, 15) is 5.11 Å². The summed E-state index contributed by atoms with van der Waals surface area (Å²) >= 11 is 5.99. The van der Waals surface area contributed by atoms with Gasteiger partial charge in [-0.3, -0.25) is 5.10 Å². The Morgan fingerprint density at radius 3 is 2.66 bits per heavy atom. The van der Waals surface area contributed by atoms with Gasteiger partial charge in [-0.05, 0) is 70.0 Å². The van der Waals surface area contributed by atoms with Crippen LogP contribution >= 0.6 is 11.6 Å². The van der Waals surface area contributed by atoms with Crippen LogP contribution in [0.1, 0.15) is 35.5 Å². The Hall–Kier alpha value is -3.30. The molecule has 0 spiro atoms. The number of hydrogen-bond donors (Lipinski definition) is 4. The second kappa shape index (κ2) is 13.0. The van der Waals surface area contributed by atoms with Gasteiger partial charge in [0.05, 0.1) is 0 Å². The molecule has 4 N–H and O–H groups in total. The second-order valence-electron chi connectivity index (χ2n) is 8.55. The summed E-state index contributed by atoms with van der Waals surface area (Å²) in [5.74, 6) is 2.67. The number of amidine groups is 1. The van der Waals surface area contributed by atoms with Crippen LogP contribution < -0.4 is 5.32 Å². The van der Waals surface area contributed by atoms with Crippen LogP contribution in [0.4, 0.5) is 5.82 Å². The quantitative estimate of drug-likeness (QED) is 0.166. The van der Waals surface area contributed by atoms with Gasteiger partial charge in [0.1, 0.15) is 17.4 Å².